The molecule has 0 N–H and O–H groups in total. The van der Waals surface area contributed by atoms with Crippen molar-refractivity contribution >= 4 is 23.4 Å². The number of nitrogens with zero attached hydrogens (tertiary/aromatic N) is 3. The summed E-state index contributed by atoms with van der Waals surface area (Å²) in [7, 11) is 3.54. The van der Waals surface area contributed by atoms with E-state index in [0.29, 0.717) is 37.0 Å². The minimum atomic E-state index is -0.231. The van der Waals surface area contributed by atoms with E-state index in [2.05, 4.69) is 0 Å². The summed E-state index contributed by atoms with van der Waals surface area (Å²) >= 11 is 5.87. The van der Waals surface area contributed by atoms with Crippen molar-refractivity contribution in [2.24, 2.45) is 7.05 Å². The average Bonchev–Trinajstić information content (AvgIpc) is 3.14. The zero-order valence-electron chi connectivity index (χ0n) is 17.8. The summed E-state index contributed by atoms with van der Waals surface area (Å²) in [5.74, 6) is 0.202. The number of rotatable bonds is 12. The van der Waals surface area contributed by atoms with Crippen LogP contribution >= 0.6 is 11.6 Å². The largest absolute Gasteiger partial charge is 0.484 e. The number of hydrogen-bond donors (Lipinski definition) is 0. The maximum atomic E-state index is 13.0. The molecule has 0 spiro atoms. The molecule has 30 heavy (non-hydrogen) atoms. The second-order valence-corrected chi connectivity index (χ2v) is 7.41. The highest BCUT2D eigenvalue weighted by molar-refractivity contribution is 6.30. The number of ether oxygens (including phenoxy) is 2. The second kappa shape index (κ2) is 12.2. The van der Waals surface area contributed by atoms with Gasteiger partial charge in [-0.3, -0.25) is 9.59 Å². The van der Waals surface area contributed by atoms with Gasteiger partial charge in [-0.25, -0.2) is 0 Å². The zero-order chi connectivity index (χ0) is 21.9. The van der Waals surface area contributed by atoms with Crippen molar-refractivity contribution in [3.8, 4) is 5.75 Å². The first kappa shape index (κ1) is 23.8. The average molecular weight is 436 g/mol. The summed E-state index contributed by atoms with van der Waals surface area (Å²) < 4.78 is 12.7. The van der Waals surface area contributed by atoms with Gasteiger partial charge in [0.1, 0.15) is 5.75 Å². The first-order valence-corrected chi connectivity index (χ1v) is 10.4. The number of aryl methyl sites for hydroxylation is 1. The van der Waals surface area contributed by atoms with Crippen LogP contribution in [0.2, 0.25) is 5.02 Å². The van der Waals surface area contributed by atoms with Crippen LogP contribution in [-0.4, -0.2) is 66.1 Å². The predicted molar refractivity (Wildman–Crippen MR) is 117 cm³/mol. The molecule has 1 aromatic carbocycles. The summed E-state index contributed by atoms with van der Waals surface area (Å²) in [5.41, 5.74) is 1.01. The third kappa shape index (κ3) is 7.39. The maximum absolute atomic E-state index is 13.0. The van der Waals surface area contributed by atoms with Crippen LogP contribution in [0.1, 0.15) is 19.0 Å². The van der Waals surface area contributed by atoms with Crippen LogP contribution in [0.15, 0.2) is 42.6 Å². The Morgan fingerprint density at radius 2 is 1.80 bits per heavy atom. The van der Waals surface area contributed by atoms with Gasteiger partial charge in [-0.2, -0.15) is 0 Å². The van der Waals surface area contributed by atoms with Crippen LogP contribution in [0.5, 0.6) is 5.75 Å². The van der Waals surface area contributed by atoms with E-state index >= 15 is 0 Å². The zero-order valence-corrected chi connectivity index (χ0v) is 18.6. The Morgan fingerprint density at radius 3 is 2.40 bits per heavy atom. The summed E-state index contributed by atoms with van der Waals surface area (Å²) in [6.45, 7) is 3.67. The molecule has 0 saturated heterocycles. The molecule has 2 amide bonds. The summed E-state index contributed by atoms with van der Waals surface area (Å²) in [6.07, 6.45) is 2.69. The van der Waals surface area contributed by atoms with Crippen molar-refractivity contribution in [1.82, 2.24) is 14.4 Å². The Hall–Kier alpha value is -2.51. The van der Waals surface area contributed by atoms with Crippen molar-refractivity contribution in [3.63, 3.8) is 0 Å². The maximum Gasteiger partial charge on any atom is 0.260 e. The van der Waals surface area contributed by atoms with Gasteiger partial charge >= 0.3 is 0 Å². The van der Waals surface area contributed by atoms with Crippen LogP contribution in [0.4, 0.5) is 0 Å². The molecular weight excluding hydrogens is 406 g/mol. The fraction of sp³-hybridized carbons (Fsp3) is 0.455. The van der Waals surface area contributed by atoms with Gasteiger partial charge in [-0.05, 0) is 42.8 Å². The van der Waals surface area contributed by atoms with E-state index in [1.807, 2.05) is 36.9 Å². The molecule has 0 aliphatic carbocycles. The molecule has 0 saturated carbocycles. The Labute approximate surface area is 183 Å². The minimum Gasteiger partial charge on any atom is -0.484 e. The van der Waals surface area contributed by atoms with Gasteiger partial charge in [0.05, 0.1) is 19.7 Å². The summed E-state index contributed by atoms with van der Waals surface area (Å²) in [5, 5.41) is 0.598. The molecule has 0 aliphatic heterocycles. The van der Waals surface area contributed by atoms with Crippen LogP contribution in [0, 0.1) is 0 Å². The van der Waals surface area contributed by atoms with Gasteiger partial charge in [-0.1, -0.05) is 18.5 Å². The number of amides is 2. The number of halogens is 1. The fourth-order valence-corrected chi connectivity index (χ4v) is 3.07. The van der Waals surface area contributed by atoms with Gasteiger partial charge in [0.25, 0.3) is 5.91 Å². The third-order valence-corrected chi connectivity index (χ3v) is 4.92. The Kier molecular flexibility index (Phi) is 9.70. The molecule has 7 nitrogen and oxygen atoms in total. The molecule has 1 heterocycles. The molecule has 1 aromatic heterocycles. The van der Waals surface area contributed by atoms with Crippen molar-refractivity contribution < 1.29 is 19.1 Å². The SMILES string of the molecule is CCCN(CC(=O)N(CCOC)Cc1cccn1C)C(=O)COc1ccc(Cl)cc1. The van der Waals surface area contributed by atoms with Crippen LogP contribution in [0.3, 0.4) is 0 Å². The Balaban J connectivity index is 1.99. The van der Waals surface area contributed by atoms with Gasteiger partial charge in [0.2, 0.25) is 5.91 Å². The van der Waals surface area contributed by atoms with Crippen molar-refractivity contribution in [1.29, 1.82) is 0 Å². The van der Waals surface area contributed by atoms with Crippen molar-refractivity contribution in [2.75, 3.05) is 40.0 Å². The highest BCUT2D eigenvalue weighted by Crippen LogP contribution is 2.15. The quantitative estimate of drug-likeness (QED) is 0.514. The van der Waals surface area contributed by atoms with E-state index in [1.165, 1.54) is 0 Å². The highest BCUT2D eigenvalue weighted by atomic mass is 35.5. The van der Waals surface area contributed by atoms with Gasteiger partial charge in [0.15, 0.2) is 6.61 Å². The molecule has 0 radical (unpaired) electrons. The number of benzene rings is 1. The Bertz CT molecular complexity index is 807. The first-order valence-electron chi connectivity index (χ1n) is 9.97. The number of aromatic nitrogens is 1. The van der Waals surface area contributed by atoms with Crippen molar-refractivity contribution in [2.45, 2.75) is 19.9 Å². The van der Waals surface area contributed by atoms with E-state index in [4.69, 9.17) is 21.1 Å². The van der Waals surface area contributed by atoms with E-state index in [1.54, 1.807) is 41.2 Å². The second-order valence-electron chi connectivity index (χ2n) is 6.98. The molecule has 0 atom stereocenters. The number of carbonyl (C=O) groups is 2. The molecule has 2 rings (SSSR count). The van der Waals surface area contributed by atoms with Crippen LogP contribution in [0.25, 0.3) is 0 Å². The van der Waals surface area contributed by atoms with E-state index in [0.717, 1.165) is 12.1 Å². The molecular formula is C22H30ClN3O4. The molecule has 2 aromatic rings. The van der Waals surface area contributed by atoms with E-state index in [-0.39, 0.29) is 25.0 Å². The highest BCUT2D eigenvalue weighted by Gasteiger charge is 2.22. The summed E-state index contributed by atoms with van der Waals surface area (Å²) in [4.78, 5) is 29.0. The molecule has 164 valence electrons. The van der Waals surface area contributed by atoms with Gasteiger partial charge in [-0.15, -0.1) is 0 Å². The lowest BCUT2D eigenvalue weighted by Crippen LogP contribution is -2.45. The molecule has 0 fully saturated rings. The lowest BCUT2D eigenvalue weighted by molar-refractivity contribution is -0.142. The third-order valence-electron chi connectivity index (χ3n) is 4.67. The molecule has 0 bridgehead atoms. The van der Waals surface area contributed by atoms with Crippen LogP contribution < -0.4 is 4.74 Å². The number of methoxy groups -OCH3 is 1. The molecule has 0 aliphatic rings. The van der Waals surface area contributed by atoms with Gasteiger partial charge in [0, 0.05) is 44.2 Å². The fourth-order valence-electron chi connectivity index (χ4n) is 2.94. The predicted octanol–water partition coefficient (Wildman–Crippen LogP) is 2.97. The number of hydrogen-bond acceptors (Lipinski definition) is 4. The number of carbonyl (C=O) groups excluding carboxylic acids is 2. The topological polar surface area (TPSA) is 64.0 Å². The minimum absolute atomic E-state index is 0.00475. The monoisotopic (exact) mass is 435 g/mol. The molecule has 0 unspecified atom stereocenters. The van der Waals surface area contributed by atoms with Gasteiger partial charge < -0.3 is 23.8 Å². The van der Waals surface area contributed by atoms with Crippen molar-refractivity contribution in [3.05, 3.63) is 53.3 Å². The lowest BCUT2D eigenvalue weighted by atomic mass is 10.3. The summed E-state index contributed by atoms with van der Waals surface area (Å²) in [6, 6.07) is 10.7. The van der Waals surface area contributed by atoms with E-state index in [9.17, 15) is 9.59 Å². The lowest BCUT2D eigenvalue weighted by Gasteiger charge is -2.27. The van der Waals surface area contributed by atoms with E-state index < -0.39 is 0 Å². The Morgan fingerprint density at radius 1 is 1.07 bits per heavy atom. The smallest absolute Gasteiger partial charge is 0.260 e. The standard InChI is InChI=1S/C22H30ClN3O4/c1-4-11-25(22(28)17-30-20-9-7-18(23)8-10-20)16-21(27)26(13-14-29-3)15-19-6-5-12-24(19)2/h5-10,12H,4,11,13-17H2,1-3H3. The molecule has 8 heteroatoms. The normalized spacial score (nSPS) is 10.7. The van der Waals surface area contributed by atoms with Crippen LogP contribution in [-0.2, 0) is 27.9 Å². The first-order chi connectivity index (χ1) is 14.4.